The molecule has 354 valence electrons. The van der Waals surface area contributed by atoms with Gasteiger partial charge in [-0.15, -0.1) is 0 Å². The molecule has 76 heavy (non-hydrogen) atoms. The van der Waals surface area contributed by atoms with E-state index in [9.17, 15) is 0 Å². The second kappa shape index (κ2) is 16.6. The minimum Gasteiger partial charge on any atom is -0.456 e. The predicted octanol–water partition coefficient (Wildman–Crippen LogP) is 18.7. The number of hydrogen-bond acceptors (Lipinski definition) is 6. The summed E-state index contributed by atoms with van der Waals surface area (Å²) in [5.74, 6) is 1.60. The Morgan fingerprint density at radius 1 is 0.263 bits per heavy atom. The highest BCUT2D eigenvalue weighted by Gasteiger charge is 2.23. The fourth-order valence-corrected chi connectivity index (χ4v) is 11.5. The normalized spacial score (nSPS) is 11.9. The first kappa shape index (κ1) is 42.2. The highest BCUT2D eigenvalue weighted by Crippen LogP contribution is 2.43. The Bertz CT molecular complexity index is 5020. The first-order valence-electron chi connectivity index (χ1n) is 25.5. The maximum atomic E-state index is 6.61. The van der Waals surface area contributed by atoms with Crippen molar-refractivity contribution in [1.29, 1.82) is 0 Å². The minimum atomic E-state index is 0.499. The monoisotopic (exact) mass is 972 g/mol. The smallest absolute Gasteiger partial charge is 0.238 e. The van der Waals surface area contributed by atoms with Crippen LogP contribution in [0.5, 0.6) is 0 Å². The van der Waals surface area contributed by atoms with Crippen LogP contribution in [0.3, 0.4) is 0 Å². The first-order valence-corrected chi connectivity index (χ1v) is 25.5. The lowest BCUT2D eigenvalue weighted by Gasteiger charge is -2.14. The van der Waals surface area contributed by atoms with E-state index in [1.54, 1.807) is 0 Å². The van der Waals surface area contributed by atoms with Crippen molar-refractivity contribution in [3.05, 3.63) is 243 Å². The van der Waals surface area contributed by atoms with Crippen molar-refractivity contribution in [3.8, 4) is 73.2 Å². The van der Waals surface area contributed by atoms with E-state index in [4.69, 9.17) is 28.2 Å². The number of rotatable bonds is 7. The van der Waals surface area contributed by atoms with Gasteiger partial charge in [0.1, 0.15) is 33.5 Å². The van der Waals surface area contributed by atoms with Crippen LogP contribution in [0.15, 0.2) is 256 Å². The lowest BCUT2D eigenvalue weighted by atomic mass is 9.95. The summed E-state index contributed by atoms with van der Waals surface area (Å²) in [6.45, 7) is 0. The number of fused-ring (bicyclic) bond motifs is 12. The van der Waals surface area contributed by atoms with E-state index in [-0.39, 0.29) is 0 Å². The largest absolute Gasteiger partial charge is 0.456 e. The van der Waals surface area contributed by atoms with Gasteiger partial charge >= 0.3 is 0 Å². The molecule has 0 fully saturated rings. The lowest BCUT2D eigenvalue weighted by molar-refractivity contribution is 0.668. The highest BCUT2D eigenvalue weighted by atomic mass is 16.3. The zero-order valence-electron chi connectivity index (χ0n) is 40.6. The zero-order chi connectivity index (χ0) is 49.8. The fourth-order valence-electron chi connectivity index (χ4n) is 11.5. The summed E-state index contributed by atoms with van der Waals surface area (Å²) in [6.07, 6.45) is 0. The zero-order valence-corrected chi connectivity index (χ0v) is 40.6. The summed E-state index contributed by atoms with van der Waals surface area (Å²) >= 11 is 0. The van der Waals surface area contributed by atoms with Gasteiger partial charge in [0.2, 0.25) is 5.95 Å². The molecule has 16 rings (SSSR count). The third-order valence-electron chi connectivity index (χ3n) is 15.1. The molecule has 0 atom stereocenters. The average molecular weight is 973 g/mol. The number of furan rings is 3. The van der Waals surface area contributed by atoms with Gasteiger partial charge in [0.15, 0.2) is 11.6 Å². The summed E-state index contributed by atoms with van der Waals surface area (Å²) in [6, 6.07) is 84.8. The van der Waals surface area contributed by atoms with Crippen molar-refractivity contribution in [1.82, 2.24) is 19.5 Å². The summed E-state index contributed by atoms with van der Waals surface area (Å²) in [7, 11) is 0. The molecule has 0 aliphatic heterocycles. The Labute approximate surface area is 434 Å². The van der Waals surface area contributed by atoms with Gasteiger partial charge in [-0.2, -0.15) is 9.97 Å². The van der Waals surface area contributed by atoms with Gasteiger partial charge in [-0.1, -0.05) is 176 Å². The van der Waals surface area contributed by atoms with Crippen LogP contribution in [0.4, 0.5) is 0 Å². The molecule has 0 N–H and O–H groups in total. The third-order valence-corrected chi connectivity index (χ3v) is 15.1. The number of aromatic nitrogens is 4. The maximum absolute atomic E-state index is 6.61. The summed E-state index contributed by atoms with van der Waals surface area (Å²) < 4.78 is 21.4. The molecule has 5 aromatic heterocycles. The van der Waals surface area contributed by atoms with Crippen LogP contribution in [0.25, 0.3) is 161 Å². The van der Waals surface area contributed by atoms with E-state index in [0.29, 0.717) is 17.6 Å². The highest BCUT2D eigenvalue weighted by molar-refractivity contribution is 6.16. The van der Waals surface area contributed by atoms with E-state index in [2.05, 4.69) is 168 Å². The van der Waals surface area contributed by atoms with Gasteiger partial charge in [-0.3, -0.25) is 4.57 Å². The molecule has 0 aliphatic rings. The van der Waals surface area contributed by atoms with Crippen molar-refractivity contribution < 1.29 is 13.3 Å². The fraction of sp³-hybridized carbons (Fsp3) is 0. The van der Waals surface area contributed by atoms with Crippen LogP contribution in [0.1, 0.15) is 0 Å². The Morgan fingerprint density at radius 2 is 0.750 bits per heavy atom. The summed E-state index contributed by atoms with van der Waals surface area (Å²) in [4.78, 5) is 16.0. The van der Waals surface area contributed by atoms with Crippen molar-refractivity contribution in [3.63, 3.8) is 0 Å². The molecular formula is C69H40N4O3. The predicted molar refractivity (Wildman–Crippen MR) is 309 cm³/mol. The van der Waals surface area contributed by atoms with Crippen molar-refractivity contribution >= 4 is 87.6 Å². The molecule has 11 aromatic carbocycles. The first-order chi connectivity index (χ1) is 37.6. The number of benzene rings is 11. The van der Waals surface area contributed by atoms with Crippen LogP contribution in [0, 0.1) is 0 Å². The van der Waals surface area contributed by atoms with Crippen molar-refractivity contribution in [2.75, 3.05) is 0 Å². The molecular weight excluding hydrogens is 933 g/mol. The second-order valence-electron chi connectivity index (χ2n) is 19.5. The molecule has 7 nitrogen and oxygen atoms in total. The molecule has 0 amide bonds. The second-order valence-corrected chi connectivity index (χ2v) is 19.5. The van der Waals surface area contributed by atoms with Crippen LogP contribution >= 0.6 is 0 Å². The maximum Gasteiger partial charge on any atom is 0.238 e. The SMILES string of the molecule is c1ccc(-c2nc(-c3ccc4c(c3)oc3ccccc34)nc(-n3c4ccc(-c5cccc6c5oc5ccccc56)cc4c4cccc(-c5cccc(-c6cccc(-c7ccc8oc9ccccc9c8c7)c6)c5)c43)n2)cc1. The minimum absolute atomic E-state index is 0.499. The van der Waals surface area contributed by atoms with Crippen LogP contribution in [0.2, 0.25) is 0 Å². The van der Waals surface area contributed by atoms with E-state index >= 15 is 0 Å². The van der Waals surface area contributed by atoms with Gasteiger partial charge < -0.3 is 13.3 Å². The molecule has 0 unspecified atom stereocenters. The molecule has 16 aromatic rings. The van der Waals surface area contributed by atoms with Crippen LogP contribution < -0.4 is 0 Å². The van der Waals surface area contributed by atoms with Crippen molar-refractivity contribution in [2.24, 2.45) is 0 Å². The Kier molecular flexibility index (Phi) is 9.20. The van der Waals surface area contributed by atoms with Crippen LogP contribution in [-0.2, 0) is 0 Å². The van der Waals surface area contributed by atoms with E-state index < -0.39 is 0 Å². The van der Waals surface area contributed by atoms with E-state index in [0.717, 1.165) is 143 Å². The summed E-state index contributed by atoms with van der Waals surface area (Å²) in [5.41, 5.74) is 17.4. The number of hydrogen-bond donors (Lipinski definition) is 0. The molecule has 0 radical (unpaired) electrons. The standard InChI is InChI=1S/C69H40N4O3/c1-2-14-41(15-3-1)67-70-68(48-30-33-54-51-20-4-7-27-60(51)75-64(54)40-48)72-69(71-67)73-59-34-31-47(50-24-13-26-56-52-21-5-9-29-62(52)76-66(50)56)39-57(59)55-25-12-23-49(65(55)73)46-19-11-18-44(37-46)42-16-10-17-43(36-42)45-32-35-63-58(38-45)53-22-6-8-28-61(53)74-63/h1-40H. The lowest BCUT2D eigenvalue weighted by Crippen LogP contribution is -2.07. The van der Waals surface area contributed by atoms with Crippen molar-refractivity contribution in [2.45, 2.75) is 0 Å². The van der Waals surface area contributed by atoms with E-state index in [1.807, 2.05) is 78.9 Å². The van der Waals surface area contributed by atoms with Gasteiger partial charge in [-0.05, 0) is 100 Å². The molecule has 0 saturated heterocycles. The summed E-state index contributed by atoms with van der Waals surface area (Å²) in [5, 5.41) is 8.63. The Morgan fingerprint density at radius 3 is 1.51 bits per heavy atom. The number of nitrogens with zero attached hydrogens (tertiary/aromatic N) is 4. The molecule has 7 heteroatoms. The van der Waals surface area contributed by atoms with Crippen LogP contribution in [-0.4, -0.2) is 19.5 Å². The molecule has 0 spiro atoms. The molecule has 0 aliphatic carbocycles. The van der Waals surface area contributed by atoms with Gasteiger partial charge in [-0.25, -0.2) is 4.98 Å². The van der Waals surface area contributed by atoms with Gasteiger partial charge in [0.05, 0.1) is 11.0 Å². The molecule has 5 heterocycles. The molecule has 0 bridgehead atoms. The topological polar surface area (TPSA) is 83.0 Å². The molecule has 0 saturated carbocycles. The van der Waals surface area contributed by atoms with E-state index in [1.165, 1.54) is 0 Å². The Hall–Kier alpha value is -10.4. The average Bonchev–Trinajstić information content (AvgIpc) is 4.29. The number of para-hydroxylation sites is 5. The van der Waals surface area contributed by atoms with Gasteiger partial charge in [0.25, 0.3) is 0 Å². The van der Waals surface area contributed by atoms with Gasteiger partial charge in [0, 0.05) is 65.3 Å². The Balaban J connectivity index is 0.907. The quantitative estimate of drug-likeness (QED) is 0.158. The third kappa shape index (κ3) is 6.66.